The molecule has 9 heteroatoms. The number of nitrogen functional groups attached to an aromatic ring is 1. The molecule has 9 nitrogen and oxygen atoms in total. The van der Waals surface area contributed by atoms with Gasteiger partial charge in [0.2, 0.25) is 5.95 Å². The number of aromatic nitrogens is 4. The van der Waals surface area contributed by atoms with E-state index in [1.54, 1.807) is 4.52 Å². The van der Waals surface area contributed by atoms with Crippen molar-refractivity contribution >= 4 is 29.3 Å². The van der Waals surface area contributed by atoms with Crippen LogP contribution in [-0.2, 0) is 26.2 Å². The molecular weight excluding hydrogens is 396 g/mol. The van der Waals surface area contributed by atoms with E-state index in [1.807, 2.05) is 38.1 Å². The Labute approximate surface area is 181 Å². The summed E-state index contributed by atoms with van der Waals surface area (Å²) in [6, 6.07) is 7.62. The van der Waals surface area contributed by atoms with Crippen LogP contribution in [-0.4, -0.2) is 38.1 Å². The van der Waals surface area contributed by atoms with Crippen molar-refractivity contribution in [3.63, 3.8) is 0 Å². The number of carbonyl (C=O) groups excluding carboxylic acids is 2. The number of benzene rings is 1. The first-order valence-corrected chi connectivity index (χ1v) is 10.1. The Morgan fingerprint density at radius 1 is 1.13 bits per heavy atom. The fourth-order valence-electron chi connectivity index (χ4n) is 3.28. The van der Waals surface area contributed by atoms with E-state index in [2.05, 4.69) is 41.2 Å². The van der Waals surface area contributed by atoms with Gasteiger partial charge in [0.15, 0.2) is 6.61 Å². The molecule has 1 aromatic carbocycles. The van der Waals surface area contributed by atoms with Gasteiger partial charge in [0.25, 0.3) is 11.7 Å². The molecule has 3 N–H and O–H groups in total. The van der Waals surface area contributed by atoms with Gasteiger partial charge in [-0.05, 0) is 48.9 Å². The van der Waals surface area contributed by atoms with E-state index in [0.29, 0.717) is 17.9 Å². The summed E-state index contributed by atoms with van der Waals surface area (Å²) in [5.41, 5.74) is 9.94. The highest BCUT2D eigenvalue weighted by Crippen LogP contribution is 2.23. The summed E-state index contributed by atoms with van der Waals surface area (Å²) >= 11 is 0. The zero-order valence-corrected chi connectivity index (χ0v) is 18.5. The summed E-state index contributed by atoms with van der Waals surface area (Å²) in [6.45, 7) is 9.75. The van der Waals surface area contributed by atoms with Crippen LogP contribution in [0.4, 0.5) is 11.6 Å². The topological polar surface area (TPSA) is 124 Å². The van der Waals surface area contributed by atoms with E-state index in [-0.39, 0.29) is 30.3 Å². The van der Waals surface area contributed by atoms with Crippen LogP contribution in [0.1, 0.15) is 49.7 Å². The minimum absolute atomic E-state index is 0.0371. The molecular formula is C22H28N6O3. The number of nitrogens with two attached hydrogens (primary N) is 1. The standard InChI is InChI=1S/C22H28N6O3/c1-13-17(14(2)28-21(24-13)26-20(23)27-28)10-11-19(30)31-12-18(29)25-16-8-6-15(7-9-16)22(3,4)5/h6-9H,10-12H2,1-5H3,(H2,23,27)(H,25,29). The first-order chi connectivity index (χ1) is 14.5. The summed E-state index contributed by atoms with van der Waals surface area (Å²) in [5.74, 6) is -0.280. The van der Waals surface area contributed by atoms with Crippen molar-refractivity contribution in [3.8, 4) is 0 Å². The number of amides is 1. The molecule has 0 aliphatic rings. The molecule has 0 saturated heterocycles. The van der Waals surface area contributed by atoms with E-state index < -0.39 is 5.97 Å². The van der Waals surface area contributed by atoms with Gasteiger partial charge in [-0.1, -0.05) is 32.9 Å². The molecule has 0 fully saturated rings. The Morgan fingerprint density at radius 2 is 1.81 bits per heavy atom. The average Bonchev–Trinajstić information content (AvgIpc) is 3.06. The van der Waals surface area contributed by atoms with Crippen molar-refractivity contribution in [3.05, 3.63) is 46.8 Å². The molecule has 3 rings (SSSR count). The molecule has 0 aliphatic heterocycles. The third-order valence-corrected chi connectivity index (χ3v) is 5.04. The molecule has 1 amide bonds. The molecule has 164 valence electrons. The molecule has 0 radical (unpaired) electrons. The minimum Gasteiger partial charge on any atom is -0.456 e. The Morgan fingerprint density at radius 3 is 2.45 bits per heavy atom. The monoisotopic (exact) mass is 424 g/mol. The van der Waals surface area contributed by atoms with Gasteiger partial charge in [-0.15, -0.1) is 5.10 Å². The van der Waals surface area contributed by atoms with Gasteiger partial charge in [0, 0.05) is 23.5 Å². The number of nitrogens with one attached hydrogen (secondary N) is 1. The summed E-state index contributed by atoms with van der Waals surface area (Å²) in [4.78, 5) is 32.7. The van der Waals surface area contributed by atoms with Crippen molar-refractivity contribution in [2.45, 2.75) is 52.9 Å². The Balaban J connectivity index is 1.51. The minimum atomic E-state index is -0.463. The number of nitrogens with zero attached hydrogens (tertiary/aromatic N) is 4. The highest BCUT2D eigenvalue weighted by molar-refractivity contribution is 5.92. The Hall–Kier alpha value is -3.49. The maximum Gasteiger partial charge on any atom is 0.306 e. The lowest BCUT2D eigenvalue weighted by Crippen LogP contribution is -2.21. The van der Waals surface area contributed by atoms with Gasteiger partial charge in [-0.3, -0.25) is 9.59 Å². The number of esters is 1. The molecule has 0 unspecified atom stereocenters. The molecule has 0 atom stereocenters. The van der Waals surface area contributed by atoms with E-state index in [4.69, 9.17) is 10.5 Å². The maximum atomic E-state index is 12.1. The second-order valence-corrected chi connectivity index (χ2v) is 8.48. The molecule has 2 aromatic heterocycles. The molecule has 3 aromatic rings. The number of aryl methyl sites for hydroxylation is 2. The second kappa shape index (κ2) is 8.71. The van der Waals surface area contributed by atoms with E-state index in [0.717, 1.165) is 17.0 Å². The molecule has 0 spiro atoms. The number of hydrogen-bond donors (Lipinski definition) is 2. The lowest BCUT2D eigenvalue weighted by atomic mass is 9.87. The van der Waals surface area contributed by atoms with E-state index in [9.17, 15) is 9.59 Å². The van der Waals surface area contributed by atoms with Gasteiger partial charge >= 0.3 is 5.97 Å². The average molecular weight is 425 g/mol. The summed E-state index contributed by atoms with van der Waals surface area (Å²) in [6.07, 6.45) is 0.529. The van der Waals surface area contributed by atoms with Crippen molar-refractivity contribution < 1.29 is 14.3 Å². The fourth-order valence-corrected chi connectivity index (χ4v) is 3.28. The normalized spacial score (nSPS) is 11.5. The van der Waals surface area contributed by atoms with Gasteiger partial charge in [-0.2, -0.15) is 9.50 Å². The SMILES string of the molecule is Cc1nc2nc(N)nn2c(C)c1CCC(=O)OCC(=O)Nc1ccc(C(C)(C)C)cc1. The molecule has 31 heavy (non-hydrogen) atoms. The maximum absolute atomic E-state index is 12.1. The number of anilines is 2. The number of ether oxygens (including phenoxy) is 1. The van der Waals surface area contributed by atoms with Crippen molar-refractivity contribution in [2.75, 3.05) is 17.7 Å². The third kappa shape index (κ3) is 5.36. The van der Waals surface area contributed by atoms with Crippen LogP contribution in [0.25, 0.3) is 5.78 Å². The van der Waals surface area contributed by atoms with E-state index >= 15 is 0 Å². The van der Waals surface area contributed by atoms with Gasteiger partial charge < -0.3 is 15.8 Å². The highest BCUT2D eigenvalue weighted by atomic mass is 16.5. The smallest absolute Gasteiger partial charge is 0.306 e. The lowest BCUT2D eigenvalue weighted by molar-refractivity contribution is -0.147. The van der Waals surface area contributed by atoms with Crippen LogP contribution in [0.5, 0.6) is 0 Å². The Kier molecular flexibility index (Phi) is 6.24. The summed E-state index contributed by atoms with van der Waals surface area (Å²) < 4.78 is 6.68. The second-order valence-electron chi connectivity index (χ2n) is 8.48. The fraction of sp³-hybridized carbons (Fsp3) is 0.409. The number of carbonyl (C=O) groups is 2. The quantitative estimate of drug-likeness (QED) is 0.583. The molecule has 0 bridgehead atoms. The first-order valence-electron chi connectivity index (χ1n) is 10.1. The van der Waals surface area contributed by atoms with Crippen LogP contribution in [0.3, 0.4) is 0 Å². The molecule has 0 saturated carbocycles. The van der Waals surface area contributed by atoms with Crippen LogP contribution in [0, 0.1) is 13.8 Å². The number of fused-ring (bicyclic) bond motifs is 1. The summed E-state index contributed by atoms with van der Waals surface area (Å²) in [7, 11) is 0. The Bertz CT molecular complexity index is 1110. The summed E-state index contributed by atoms with van der Waals surface area (Å²) in [5, 5.41) is 6.85. The number of rotatable bonds is 6. The van der Waals surface area contributed by atoms with Crippen LogP contribution in [0.15, 0.2) is 24.3 Å². The zero-order valence-electron chi connectivity index (χ0n) is 18.5. The van der Waals surface area contributed by atoms with Crippen molar-refractivity contribution in [2.24, 2.45) is 0 Å². The highest BCUT2D eigenvalue weighted by Gasteiger charge is 2.16. The molecule has 0 aliphatic carbocycles. The van der Waals surface area contributed by atoms with Crippen molar-refractivity contribution in [1.29, 1.82) is 0 Å². The predicted molar refractivity (Wildman–Crippen MR) is 118 cm³/mol. The van der Waals surface area contributed by atoms with Crippen LogP contribution < -0.4 is 11.1 Å². The molecule has 2 heterocycles. The van der Waals surface area contributed by atoms with Gasteiger partial charge in [0.05, 0.1) is 0 Å². The van der Waals surface area contributed by atoms with Crippen molar-refractivity contribution in [1.82, 2.24) is 19.6 Å². The third-order valence-electron chi connectivity index (χ3n) is 5.04. The van der Waals surface area contributed by atoms with Crippen LogP contribution in [0.2, 0.25) is 0 Å². The predicted octanol–water partition coefficient (Wildman–Crippen LogP) is 2.74. The van der Waals surface area contributed by atoms with Gasteiger partial charge in [0.1, 0.15) is 0 Å². The van der Waals surface area contributed by atoms with E-state index in [1.165, 1.54) is 5.56 Å². The van der Waals surface area contributed by atoms with Gasteiger partial charge in [-0.25, -0.2) is 4.98 Å². The largest absolute Gasteiger partial charge is 0.456 e. The first kappa shape index (κ1) is 22.2. The lowest BCUT2D eigenvalue weighted by Gasteiger charge is -2.19. The van der Waals surface area contributed by atoms with Crippen LogP contribution >= 0.6 is 0 Å². The number of hydrogen-bond acceptors (Lipinski definition) is 7. The zero-order chi connectivity index (χ0) is 22.8.